The minimum absolute atomic E-state index is 0.832. The lowest BCUT2D eigenvalue weighted by Crippen LogP contribution is -2.12. The van der Waals surface area contributed by atoms with Crippen LogP contribution in [0.4, 0.5) is 17.3 Å². The summed E-state index contributed by atoms with van der Waals surface area (Å²) >= 11 is 4.33. The zero-order chi connectivity index (χ0) is 13.8. The number of hydrogen-bond donors (Lipinski definition) is 1. The third-order valence-corrected chi connectivity index (χ3v) is 3.16. The van der Waals surface area contributed by atoms with Crippen LogP contribution >= 0.6 is 12.6 Å². The summed E-state index contributed by atoms with van der Waals surface area (Å²) in [6.07, 6.45) is 3.55. The van der Waals surface area contributed by atoms with Gasteiger partial charge in [-0.3, -0.25) is 4.90 Å². The van der Waals surface area contributed by atoms with Gasteiger partial charge in [-0.15, -0.1) is 12.6 Å². The number of pyridine rings is 2. The topological polar surface area (TPSA) is 29.0 Å². The van der Waals surface area contributed by atoms with Crippen LogP contribution in [-0.2, 0) is 0 Å². The summed E-state index contributed by atoms with van der Waals surface area (Å²) in [5.41, 5.74) is 1.00. The zero-order valence-electron chi connectivity index (χ0n) is 10.7. The van der Waals surface area contributed by atoms with Crippen molar-refractivity contribution in [3.05, 3.63) is 73.1 Å². The third-order valence-electron chi connectivity index (χ3n) is 2.86. The molecule has 2 heterocycles. The van der Waals surface area contributed by atoms with Crippen molar-refractivity contribution in [3.8, 4) is 0 Å². The predicted molar refractivity (Wildman–Crippen MR) is 84.0 cm³/mol. The van der Waals surface area contributed by atoms with Crippen molar-refractivity contribution in [2.24, 2.45) is 0 Å². The molecule has 0 saturated heterocycles. The van der Waals surface area contributed by atoms with Crippen LogP contribution < -0.4 is 4.90 Å². The van der Waals surface area contributed by atoms with Gasteiger partial charge in [-0.2, -0.15) is 0 Å². The van der Waals surface area contributed by atoms with Gasteiger partial charge < -0.3 is 0 Å². The molecule has 0 aliphatic carbocycles. The lowest BCUT2D eigenvalue weighted by atomic mass is 10.2. The van der Waals surface area contributed by atoms with Crippen molar-refractivity contribution >= 4 is 30.0 Å². The second-order valence-electron chi connectivity index (χ2n) is 4.23. The van der Waals surface area contributed by atoms with Crippen molar-refractivity contribution in [3.63, 3.8) is 0 Å². The first-order chi connectivity index (χ1) is 9.84. The molecule has 2 aromatic heterocycles. The van der Waals surface area contributed by atoms with E-state index in [2.05, 4.69) is 22.6 Å². The number of rotatable bonds is 3. The van der Waals surface area contributed by atoms with Crippen molar-refractivity contribution in [2.75, 3.05) is 4.90 Å². The summed E-state index contributed by atoms with van der Waals surface area (Å²) < 4.78 is 0. The Hall–Kier alpha value is -2.33. The Morgan fingerprint density at radius 3 is 1.70 bits per heavy atom. The highest BCUT2D eigenvalue weighted by atomic mass is 32.1. The van der Waals surface area contributed by atoms with Crippen LogP contribution in [-0.4, -0.2) is 9.97 Å². The SMILES string of the molecule is Sc1ccc(N(c2ccccn2)c2ccccn2)cc1. The molecule has 4 heteroatoms. The first kappa shape index (κ1) is 12.7. The molecule has 0 atom stereocenters. The molecule has 98 valence electrons. The summed E-state index contributed by atoms with van der Waals surface area (Å²) in [5.74, 6) is 1.66. The molecule has 0 spiro atoms. The van der Waals surface area contributed by atoms with Crippen LogP contribution in [0.3, 0.4) is 0 Å². The maximum absolute atomic E-state index is 4.42. The third kappa shape index (κ3) is 2.65. The summed E-state index contributed by atoms with van der Waals surface area (Å²) in [7, 11) is 0. The van der Waals surface area contributed by atoms with E-state index < -0.39 is 0 Å². The van der Waals surface area contributed by atoms with Crippen LogP contribution in [0.5, 0.6) is 0 Å². The molecule has 20 heavy (non-hydrogen) atoms. The second kappa shape index (κ2) is 5.75. The van der Waals surface area contributed by atoms with Gasteiger partial charge in [-0.25, -0.2) is 9.97 Å². The van der Waals surface area contributed by atoms with E-state index >= 15 is 0 Å². The van der Waals surface area contributed by atoms with Gasteiger partial charge in [0.25, 0.3) is 0 Å². The van der Waals surface area contributed by atoms with Crippen molar-refractivity contribution in [1.82, 2.24) is 9.97 Å². The van der Waals surface area contributed by atoms with Crippen molar-refractivity contribution < 1.29 is 0 Å². The van der Waals surface area contributed by atoms with Crippen LogP contribution in [0.25, 0.3) is 0 Å². The molecule has 0 bridgehead atoms. The highest BCUT2D eigenvalue weighted by Gasteiger charge is 2.13. The fraction of sp³-hybridized carbons (Fsp3) is 0. The number of anilines is 3. The van der Waals surface area contributed by atoms with Gasteiger partial charge in [0.15, 0.2) is 0 Å². The van der Waals surface area contributed by atoms with Gasteiger partial charge in [0.1, 0.15) is 11.6 Å². The highest BCUT2D eigenvalue weighted by Crippen LogP contribution is 2.31. The Balaban J connectivity index is 2.11. The quantitative estimate of drug-likeness (QED) is 0.727. The Morgan fingerprint density at radius 2 is 1.25 bits per heavy atom. The normalized spacial score (nSPS) is 10.2. The number of nitrogens with zero attached hydrogens (tertiary/aromatic N) is 3. The van der Waals surface area contributed by atoms with E-state index in [1.54, 1.807) is 12.4 Å². The van der Waals surface area contributed by atoms with E-state index in [4.69, 9.17) is 0 Å². The zero-order valence-corrected chi connectivity index (χ0v) is 11.6. The number of benzene rings is 1. The largest absolute Gasteiger partial charge is 0.279 e. The van der Waals surface area contributed by atoms with E-state index in [0.717, 1.165) is 22.2 Å². The van der Waals surface area contributed by atoms with Crippen molar-refractivity contribution in [2.45, 2.75) is 4.90 Å². The van der Waals surface area contributed by atoms with Gasteiger partial charge in [0, 0.05) is 23.0 Å². The minimum atomic E-state index is 0.832. The van der Waals surface area contributed by atoms with Gasteiger partial charge in [-0.1, -0.05) is 12.1 Å². The number of hydrogen-bond acceptors (Lipinski definition) is 4. The summed E-state index contributed by atoms with van der Waals surface area (Å²) in [6.45, 7) is 0. The molecule has 3 nitrogen and oxygen atoms in total. The van der Waals surface area contributed by atoms with Gasteiger partial charge in [-0.05, 0) is 48.5 Å². The van der Waals surface area contributed by atoms with E-state index in [-0.39, 0.29) is 0 Å². The molecular formula is C16H13N3S. The standard InChI is InChI=1S/C16H13N3S/c20-14-9-7-13(8-10-14)19(15-5-1-3-11-17-15)16-6-2-4-12-18-16/h1-12,20H. The molecule has 0 amide bonds. The van der Waals surface area contributed by atoms with Crippen LogP contribution in [0.1, 0.15) is 0 Å². The van der Waals surface area contributed by atoms with Crippen LogP contribution in [0.15, 0.2) is 78.0 Å². The first-order valence-corrected chi connectivity index (χ1v) is 6.70. The molecule has 0 radical (unpaired) electrons. The van der Waals surface area contributed by atoms with Crippen LogP contribution in [0.2, 0.25) is 0 Å². The second-order valence-corrected chi connectivity index (χ2v) is 4.74. The van der Waals surface area contributed by atoms with E-state index in [0.29, 0.717) is 0 Å². The van der Waals surface area contributed by atoms with E-state index in [1.165, 1.54) is 0 Å². The fourth-order valence-electron chi connectivity index (χ4n) is 1.96. The Labute approximate surface area is 123 Å². The smallest absolute Gasteiger partial charge is 0.138 e. The Morgan fingerprint density at radius 1 is 0.700 bits per heavy atom. The molecular weight excluding hydrogens is 266 g/mol. The van der Waals surface area contributed by atoms with Gasteiger partial charge >= 0.3 is 0 Å². The molecule has 3 rings (SSSR count). The molecule has 0 aliphatic rings. The Kier molecular flexibility index (Phi) is 3.65. The number of thiol groups is 1. The monoisotopic (exact) mass is 279 g/mol. The first-order valence-electron chi connectivity index (χ1n) is 6.26. The van der Waals surface area contributed by atoms with Crippen molar-refractivity contribution in [1.29, 1.82) is 0 Å². The fourth-order valence-corrected chi connectivity index (χ4v) is 2.10. The molecule has 0 saturated carbocycles. The van der Waals surface area contributed by atoms with Gasteiger partial charge in [0.05, 0.1) is 0 Å². The minimum Gasteiger partial charge on any atom is -0.279 e. The van der Waals surface area contributed by atoms with Gasteiger partial charge in [0.2, 0.25) is 0 Å². The van der Waals surface area contributed by atoms with E-state index in [1.807, 2.05) is 65.6 Å². The molecule has 0 unspecified atom stereocenters. The summed E-state index contributed by atoms with van der Waals surface area (Å²) in [4.78, 5) is 11.8. The van der Waals surface area contributed by atoms with E-state index in [9.17, 15) is 0 Å². The average Bonchev–Trinajstić information content (AvgIpc) is 2.52. The predicted octanol–water partition coefficient (Wildman–Crippen LogP) is 4.24. The summed E-state index contributed by atoms with van der Waals surface area (Å²) in [5, 5.41) is 0. The molecule has 3 aromatic rings. The molecule has 0 fully saturated rings. The Bertz CT molecular complexity index is 630. The maximum atomic E-state index is 4.42. The number of aromatic nitrogens is 2. The maximum Gasteiger partial charge on any atom is 0.138 e. The molecule has 0 N–H and O–H groups in total. The average molecular weight is 279 g/mol. The summed E-state index contributed by atoms with van der Waals surface area (Å²) in [6, 6.07) is 19.6. The van der Waals surface area contributed by atoms with Crippen LogP contribution in [0, 0.1) is 0 Å². The lowest BCUT2D eigenvalue weighted by Gasteiger charge is -2.22. The lowest BCUT2D eigenvalue weighted by molar-refractivity contribution is 1.12. The molecule has 1 aromatic carbocycles. The molecule has 0 aliphatic heterocycles. The highest BCUT2D eigenvalue weighted by molar-refractivity contribution is 7.80.